The molecule has 0 saturated carbocycles. The molecule has 0 radical (unpaired) electrons. The third kappa shape index (κ3) is 4.15. The Balaban J connectivity index is 1.62. The summed E-state index contributed by atoms with van der Waals surface area (Å²) in [6, 6.07) is 11.9. The van der Waals surface area contributed by atoms with Crippen LogP contribution in [0.2, 0.25) is 0 Å². The van der Waals surface area contributed by atoms with Gasteiger partial charge in [-0.2, -0.15) is 5.10 Å². The van der Waals surface area contributed by atoms with Crippen molar-refractivity contribution in [2.24, 2.45) is 0 Å². The Kier molecular flexibility index (Phi) is 4.97. The summed E-state index contributed by atoms with van der Waals surface area (Å²) in [5.41, 5.74) is 3.08. The minimum absolute atomic E-state index is 0.00537. The van der Waals surface area contributed by atoms with Crippen LogP contribution in [0.25, 0.3) is 11.4 Å². The zero-order valence-electron chi connectivity index (χ0n) is 14.8. The molecule has 0 fully saturated rings. The van der Waals surface area contributed by atoms with Gasteiger partial charge in [0.1, 0.15) is 12.4 Å². The largest absolute Gasteiger partial charge is 0.350 e. The fourth-order valence-corrected chi connectivity index (χ4v) is 2.92. The molecule has 0 aliphatic carbocycles. The Morgan fingerprint density at radius 1 is 1.24 bits per heavy atom. The first-order valence-electron chi connectivity index (χ1n) is 8.40. The van der Waals surface area contributed by atoms with Crippen LogP contribution in [0.1, 0.15) is 18.3 Å². The second-order valence-electron chi connectivity index (χ2n) is 6.32. The number of hydrogen-bond donors (Lipinski definition) is 1. The summed E-state index contributed by atoms with van der Waals surface area (Å²) in [7, 11) is 0. The minimum Gasteiger partial charge on any atom is -0.350 e. The fourth-order valence-electron chi connectivity index (χ4n) is 2.92. The lowest BCUT2D eigenvalue weighted by Crippen LogP contribution is -2.38. The van der Waals surface area contributed by atoms with Crippen LogP contribution < -0.4 is 5.32 Å². The number of aryl methyl sites for hydroxylation is 2. The molecule has 6 heteroatoms. The molecule has 1 aromatic carbocycles. The third-order valence-electron chi connectivity index (χ3n) is 4.02. The first-order chi connectivity index (χ1) is 12.0. The Morgan fingerprint density at radius 3 is 2.68 bits per heavy atom. The van der Waals surface area contributed by atoms with E-state index in [4.69, 9.17) is 0 Å². The molecule has 1 unspecified atom stereocenters. The van der Waals surface area contributed by atoms with E-state index in [1.165, 1.54) is 0 Å². The van der Waals surface area contributed by atoms with E-state index in [-0.39, 0.29) is 18.5 Å². The SMILES string of the molecule is Cc1cc(C)n(CC(C)NC(=O)Cn2ccnc2-c2ccccc2)n1. The molecule has 130 valence electrons. The summed E-state index contributed by atoms with van der Waals surface area (Å²) >= 11 is 0. The summed E-state index contributed by atoms with van der Waals surface area (Å²) in [5.74, 6) is 0.756. The minimum atomic E-state index is -0.0378. The summed E-state index contributed by atoms with van der Waals surface area (Å²) in [6.07, 6.45) is 3.54. The van der Waals surface area contributed by atoms with Crippen LogP contribution in [0.15, 0.2) is 48.8 Å². The van der Waals surface area contributed by atoms with Crippen LogP contribution in [0.5, 0.6) is 0 Å². The lowest BCUT2D eigenvalue weighted by atomic mass is 10.2. The van der Waals surface area contributed by atoms with Gasteiger partial charge in [0.25, 0.3) is 0 Å². The molecule has 0 spiro atoms. The average molecular weight is 337 g/mol. The van der Waals surface area contributed by atoms with Gasteiger partial charge in [0.15, 0.2) is 0 Å². The maximum absolute atomic E-state index is 12.4. The van der Waals surface area contributed by atoms with Gasteiger partial charge in [0, 0.05) is 29.7 Å². The number of benzene rings is 1. The van der Waals surface area contributed by atoms with Gasteiger partial charge in [-0.25, -0.2) is 4.98 Å². The molecule has 0 aliphatic heterocycles. The Hall–Kier alpha value is -2.89. The molecule has 3 aromatic rings. The summed E-state index contributed by atoms with van der Waals surface area (Å²) in [5, 5.41) is 7.47. The highest BCUT2D eigenvalue weighted by Gasteiger charge is 2.13. The summed E-state index contributed by atoms with van der Waals surface area (Å²) in [4.78, 5) is 16.8. The molecule has 1 amide bonds. The monoisotopic (exact) mass is 337 g/mol. The fraction of sp³-hybridized carbons (Fsp3) is 0.316. The van der Waals surface area contributed by atoms with Crippen molar-refractivity contribution in [3.63, 3.8) is 0 Å². The molecule has 1 atom stereocenters. The van der Waals surface area contributed by atoms with E-state index in [0.717, 1.165) is 22.8 Å². The first-order valence-corrected chi connectivity index (χ1v) is 8.40. The van der Waals surface area contributed by atoms with Crippen LogP contribution in [0.3, 0.4) is 0 Å². The number of nitrogens with one attached hydrogen (secondary N) is 1. The Bertz CT molecular complexity index is 850. The zero-order chi connectivity index (χ0) is 17.8. The first kappa shape index (κ1) is 17.0. The van der Waals surface area contributed by atoms with Gasteiger partial charge in [0.05, 0.1) is 12.2 Å². The van der Waals surface area contributed by atoms with E-state index < -0.39 is 0 Å². The van der Waals surface area contributed by atoms with E-state index in [0.29, 0.717) is 6.54 Å². The number of imidazole rings is 1. The van der Waals surface area contributed by atoms with Gasteiger partial charge in [-0.15, -0.1) is 0 Å². The number of carbonyl (C=O) groups is 1. The molecule has 2 aromatic heterocycles. The van der Waals surface area contributed by atoms with Crippen molar-refractivity contribution in [2.75, 3.05) is 0 Å². The van der Waals surface area contributed by atoms with Crippen molar-refractivity contribution in [3.05, 3.63) is 60.2 Å². The van der Waals surface area contributed by atoms with E-state index >= 15 is 0 Å². The van der Waals surface area contributed by atoms with Crippen molar-refractivity contribution >= 4 is 5.91 Å². The van der Waals surface area contributed by atoms with Crippen LogP contribution >= 0.6 is 0 Å². The second-order valence-corrected chi connectivity index (χ2v) is 6.32. The molecular formula is C19H23N5O. The van der Waals surface area contributed by atoms with Crippen molar-refractivity contribution in [1.29, 1.82) is 0 Å². The van der Waals surface area contributed by atoms with E-state index in [9.17, 15) is 4.79 Å². The number of hydrogen-bond acceptors (Lipinski definition) is 3. The predicted octanol–water partition coefficient (Wildman–Crippen LogP) is 2.57. The van der Waals surface area contributed by atoms with Crippen LogP contribution in [-0.4, -0.2) is 31.3 Å². The molecule has 0 saturated heterocycles. The lowest BCUT2D eigenvalue weighted by molar-refractivity contribution is -0.122. The van der Waals surface area contributed by atoms with Crippen molar-refractivity contribution in [2.45, 2.75) is 39.9 Å². The molecule has 3 rings (SSSR count). The van der Waals surface area contributed by atoms with Crippen LogP contribution in [0, 0.1) is 13.8 Å². The van der Waals surface area contributed by atoms with Crippen LogP contribution in [0.4, 0.5) is 0 Å². The molecule has 0 aliphatic rings. The number of carbonyl (C=O) groups excluding carboxylic acids is 1. The number of amides is 1. The van der Waals surface area contributed by atoms with Crippen molar-refractivity contribution < 1.29 is 4.79 Å². The molecule has 6 nitrogen and oxygen atoms in total. The highest BCUT2D eigenvalue weighted by atomic mass is 16.2. The molecular weight excluding hydrogens is 314 g/mol. The van der Waals surface area contributed by atoms with Gasteiger partial charge in [-0.3, -0.25) is 9.48 Å². The highest BCUT2D eigenvalue weighted by Crippen LogP contribution is 2.16. The van der Waals surface area contributed by atoms with E-state index in [2.05, 4.69) is 15.4 Å². The van der Waals surface area contributed by atoms with Gasteiger partial charge in [-0.05, 0) is 26.8 Å². The third-order valence-corrected chi connectivity index (χ3v) is 4.02. The molecule has 2 heterocycles. The number of rotatable bonds is 6. The normalized spacial score (nSPS) is 12.1. The molecule has 0 bridgehead atoms. The van der Waals surface area contributed by atoms with Gasteiger partial charge in [-0.1, -0.05) is 30.3 Å². The molecule has 25 heavy (non-hydrogen) atoms. The average Bonchev–Trinajstić information content (AvgIpc) is 3.14. The predicted molar refractivity (Wildman–Crippen MR) is 97.0 cm³/mol. The summed E-state index contributed by atoms with van der Waals surface area (Å²) < 4.78 is 3.79. The van der Waals surface area contributed by atoms with Crippen molar-refractivity contribution in [3.8, 4) is 11.4 Å². The topological polar surface area (TPSA) is 64.7 Å². The van der Waals surface area contributed by atoms with E-state index in [1.807, 2.05) is 72.6 Å². The zero-order valence-corrected chi connectivity index (χ0v) is 14.8. The number of aromatic nitrogens is 4. The highest BCUT2D eigenvalue weighted by molar-refractivity contribution is 5.76. The smallest absolute Gasteiger partial charge is 0.240 e. The Labute approximate surface area is 147 Å². The quantitative estimate of drug-likeness (QED) is 0.752. The Morgan fingerprint density at radius 2 is 2.00 bits per heavy atom. The molecule has 1 N–H and O–H groups in total. The van der Waals surface area contributed by atoms with Gasteiger partial charge < -0.3 is 9.88 Å². The second kappa shape index (κ2) is 7.34. The standard InChI is InChI=1S/C19H23N5O/c1-14-11-16(3)24(22-14)12-15(2)21-18(25)13-23-10-9-20-19(23)17-7-5-4-6-8-17/h4-11,15H,12-13H2,1-3H3,(H,21,25). The summed E-state index contributed by atoms with van der Waals surface area (Å²) in [6.45, 7) is 6.87. The van der Waals surface area contributed by atoms with E-state index in [1.54, 1.807) is 6.20 Å². The lowest BCUT2D eigenvalue weighted by Gasteiger charge is -2.16. The van der Waals surface area contributed by atoms with Crippen LogP contribution in [-0.2, 0) is 17.9 Å². The maximum Gasteiger partial charge on any atom is 0.240 e. The van der Waals surface area contributed by atoms with Gasteiger partial charge >= 0.3 is 0 Å². The van der Waals surface area contributed by atoms with Gasteiger partial charge in [0.2, 0.25) is 5.91 Å². The number of nitrogens with zero attached hydrogens (tertiary/aromatic N) is 4. The van der Waals surface area contributed by atoms with Crippen molar-refractivity contribution in [1.82, 2.24) is 24.6 Å². The maximum atomic E-state index is 12.4.